The van der Waals surface area contributed by atoms with Gasteiger partial charge >= 0.3 is 0 Å². The Bertz CT molecular complexity index is 480. The van der Waals surface area contributed by atoms with Crippen LogP contribution in [0.1, 0.15) is 49.7 Å². The molecule has 0 radical (unpaired) electrons. The van der Waals surface area contributed by atoms with Gasteiger partial charge in [0.1, 0.15) is 5.76 Å². The van der Waals surface area contributed by atoms with E-state index in [1.807, 2.05) is 0 Å². The molecule has 2 heteroatoms. The van der Waals surface area contributed by atoms with Gasteiger partial charge in [0.15, 0.2) is 0 Å². The lowest BCUT2D eigenvalue weighted by Gasteiger charge is -2.35. The lowest BCUT2D eigenvalue weighted by atomic mass is 9.78. The number of hydrogen-bond acceptors (Lipinski definition) is 2. The minimum atomic E-state index is 0.349. The maximum atomic E-state index is 5.96. The Morgan fingerprint density at radius 3 is 3.00 bits per heavy atom. The number of fused-ring (bicyclic) bond motifs is 1. The van der Waals surface area contributed by atoms with Gasteiger partial charge in [0.2, 0.25) is 0 Å². The van der Waals surface area contributed by atoms with Crippen LogP contribution in [0.2, 0.25) is 0 Å². The molecule has 2 atom stereocenters. The van der Waals surface area contributed by atoms with Gasteiger partial charge in [-0.1, -0.05) is 31.2 Å². The fourth-order valence-corrected chi connectivity index (χ4v) is 3.59. The summed E-state index contributed by atoms with van der Waals surface area (Å²) in [6.07, 6.45) is 8.39. The van der Waals surface area contributed by atoms with Crippen molar-refractivity contribution in [2.24, 2.45) is 0 Å². The van der Waals surface area contributed by atoms with Crippen molar-refractivity contribution >= 4 is 0 Å². The van der Waals surface area contributed by atoms with Crippen LogP contribution in [0.4, 0.5) is 0 Å². The van der Waals surface area contributed by atoms with Gasteiger partial charge in [-0.25, -0.2) is 0 Å². The second-order valence-corrected chi connectivity index (χ2v) is 5.83. The molecule has 0 fully saturated rings. The van der Waals surface area contributed by atoms with Crippen molar-refractivity contribution in [2.75, 3.05) is 13.2 Å². The van der Waals surface area contributed by atoms with Crippen LogP contribution in [-0.2, 0) is 11.2 Å². The highest BCUT2D eigenvalue weighted by atomic mass is 16.5. The van der Waals surface area contributed by atoms with Gasteiger partial charge < -0.3 is 10.1 Å². The summed E-state index contributed by atoms with van der Waals surface area (Å²) in [6.45, 7) is 4.05. The van der Waals surface area contributed by atoms with Crippen LogP contribution < -0.4 is 5.32 Å². The van der Waals surface area contributed by atoms with E-state index in [-0.39, 0.29) is 0 Å². The number of ether oxygens (including phenoxy) is 1. The topological polar surface area (TPSA) is 21.3 Å². The van der Waals surface area contributed by atoms with Crippen molar-refractivity contribution in [1.29, 1.82) is 0 Å². The number of rotatable bonds is 4. The molecule has 3 rings (SSSR count). The molecule has 2 aliphatic rings. The third kappa shape index (κ3) is 2.76. The molecular formula is C18H25NO. The summed E-state index contributed by atoms with van der Waals surface area (Å²) < 4.78 is 5.96. The molecule has 1 aliphatic heterocycles. The van der Waals surface area contributed by atoms with Gasteiger partial charge in [0.05, 0.1) is 12.6 Å². The van der Waals surface area contributed by atoms with Gasteiger partial charge in [0, 0.05) is 5.92 Å². The summed E-state index contributed by atoms with van der Waals surface area (Å²) in [5.74, 6) is 1.74. The van der Waals surface area contributed by atoms with Crippen LogP contribution >= 0.6 is 0 Å². The molecule has 1 aliphatic carbocycles. The van der Waals surface area contributed by atoms with E-state index in [2.05, 4.69) is 42.6 Å². The van der Waals surface area contributed by atoms with E-state index in [9.17, 15) is 0 Å². The van der Waals surface area contributed by atoms with Crippen LogP contribution in [0.3, 0.4) is 0 Å². The first kappa shape index (κ1) is 13.7. The number of aryl methyl sites for hydroxylation is 1. The van der Waals surface area contributed by atoms with Gasteiger partial charge in [-0.3, -0.25) is 0 Å². The van der Waals surface area contributed by atoms with Gasteiger partial charge in [0.25, 0.3) is 0 Å². The quantitative estimate of drug-likeness (QED) is 0.900. The molecule has 20 heavy (non-hydrogen) atoms. The molecule has 1 heterocycles. The number of hydrogen-bond donors (Lipinski definition) is 1. The van der Waals surface area contributed by atoms with E-state index in [1.54, 1.807) is 0 Å². The van der Waals surface area contributed by atoms with Crippen molar-refractivity contribution in [3.8, 4) is 0 Å². The number of likely N-dealkylation sites (N-methyl/N-ethyl adjacent to an activating group) is 1. The highest BCUT2D eigenvalue weighted by molar-refractivity contribution is 5.35. The van der Waals surface area contributed by atoms with Crippen molar-refractivity contribution in [3.63, 3.8) is 0 Å². The predicted molar refractivity (Wildman–Crippen MR) is 82.9 cm³/mol. The largest absolute Gasteiger partial charge is 0.497 e. The first-order valence-corrected chi connectivity index (χ1v) is 8.04. The number of benzene rings is 1. The van der Waals surface area contributed by atoms with Gasteiger partial charge in [-0.15, -0.1) is 0 Å². The summed E-state index contributed by atoms with van der Waals surface area (Å²) in [7, 11) is 0. The molecule has 0 saturated heterocycles. The van der Waals surface area contributed by atoms with Crippen LogP contribution in [0.25, 0.3) is 0 Å². The highest BCUT2D eigenvalue weighted by Gasteiger charge is 2.31. The standard InChI is InChI=1S/C18H25NO/c1-2-19-18(17-12-5-6-13-20-17)16-11-7-9-14-8-3-4-10-15(14)16/h3-4,8,10,12,16,18-19H,2,5-7,9,11,13H2,1H3. The molecule has 2 nitrogen and oxygen atoms in total. The van der Waals surface area contributed by atoms with Crippen molar-refractivity contribution in [2.45, 2.75) is 51.0 Å². The van der Waals surface area contributed by atoms with E-state index in [0.29, 0.717) is 12.0 Å². The molecule has 0 spiro atoms. The van der Waals surface area contributed by atoms with Crippen LogP contribution in [-0.4, -0.2) is 19.2 Å². The first-order chi connectivity index (χ1) is 9.90. The van der Waals surface area contributed by atoms with Crippen LogP contribution in [0.5, 0.6) is 0 Å². The normalized spacial score (nSPS) is 23.4. The Kier molecular flexibility index (Phi) is 4.41. The minimum absolute atomic E-state index is 0.349. The molecule has 0 amide bonds. The zero-order chi connectivity index (χ0) is 13.8. The lowest BCUT2D eigenvalue weighted by Crippen LogP contribution is -2.39. The molecular weight excluding hydrogens is 246 g/mol. The molecule has 1 N–H and O–H groups in total. The Hall–Kier alpha value is -1.28. The van der Waals surface area contributed by atoms with E-state index in [0.717, 1.165) is 26.0 Å². The lowest BCUT2D eigenvalue weighted by molar-refractivity contribution is 0.158. The summed E-state index contributed by atoms with van der Waals surface area (Å²) in [5.41, 5.74) is 3.06. The van der Waals surface area contributed by atoms with Gasteiger partial charge in [-0.05, 0) is 55.9 Å². The Morgan fingerprint density at radius 1 is 1.30 bits per heavy atom. The smallest absolute Gasteiger partial charge is 0.110 e. The Balaban J connectivity index is 1.90. The maximum absolute atomic E-state index is 5.96. The minimum Gasteiger partial charge on any atom is -0.497 e. The molecule has 1 aromatic carbocycles. The van der Waals surface area contributed by atoms with Crippen molar-refractivity contribution in [1.82, 2.24) is 5.32 Å². The van der Waals surface area contributed by atoms with Crippen molar-refractivity contribution in [3.05, 3.63) is 47.2 Å². The second kappa shape index (κ2) is 6.45. The molecule has 2 unspecified atom stereocenters. The van der Waals surface area contributed by atoms with E-state index < -0.39 is 0 Å². The monoisotopic (exact) mass is 271 g/mol. The van der Waals surface area contributed by atoms with E-state index in [4.69, 9.17) is 4.74 Å². The van der Waals surface area contributed by atoms with Crippen LogP contribution in [0, 0.1) is 0 Å². The summed E-state index contributed by atoms with van der Waals surface area (Å²) >= 11 is 0. The summed E-state index contributed by atoms with van der Waals surface area (Å²) in [6, 6.07) is 9.30. The highest BCUT2D eigenvalue weighted by Crippen LogP contribution is 2.37. The summed E-state index contributed by atoms with van der Waals surface area (Å²) in [4.78, 5) is 0. The zero-order valence-corrected chi connectivity index (χ0v) is 12.4. The maximum Gasteiger partial charge on any atom is 0.110 e. The fraction of sp³-hybridized carbons (Fsp3) is 0.556. The predicted octanol–water partition coefficient (Wildman–Crippen LogP) is 3.78. The Morgan fingerprint density at radius 2 is 2.20 bits per heavy atom. The molecule has 0 bridgehead atoms. The number of allylic oxidation sites excluding steroid dienone is 1. The average Bonchev–Trinajstić information content (AvgIpc) is 2.53. The first-order valence-electron chi connectivity index (χ1n) is 8.04. The number of nitrogens with one attached hydrogen (secondary N) is 1. The van der Waals surface area contributed by atoms with Crippen molar-refractivity contribution < 1.29 is 4.74 Å². The van der Waals surface area contributed by atoms with Crippen LogP contribution in [0.15, 0.2) is 36.1 Å². The third-order valence-electron chi connectivity index (χ3n) is 4.51. The third-order valence-corrected chi connectivity index (χ3v) is 4.51. The Labute approximate surface area is 122 Å². The zero-order valence-electron chi connectivity index (χ0n) is 12.4. The second-order valence-electron chi connectivity index (χ2n) is 5.83. The van der Waals surface area contributed by atoms with Gasteiger partial charge in [-0.2, -0.15) is 0 Å². The van der Waals surface area contributed by atoms with E-state index >= 15 is 0 Å². The SMILES string of the molecule is CCNC(C1=CCCCO1)C1CCCc2ccccc21. The average molecular weight is 271 g/mol. The fourth-order valence-electron chi connectivity index (χ4n) is 3.59. The summed E-state index contributed by atoms with van der Waals surface area (Å²) in [5, 5.41) is 3.67. The molecule has 1 aromatic rings. The molecule has 0 aromatic heterocycles. The van der Waals surface area contributed by atoms with E-state index in [1.165, 1.54) is 36.1 Å². The molecule has 0 saturated carbocycles. The molecule has 108 valence electrons.